The van der Waals surface area contributed by atoms with Crippen LogP contribution in [0.15, 0.2) is 15.9 Å². The van der Waals surface area contributed by atoms with Crippen LogP contribution in [0.4, 0.5) is 0 Å². The molecule has 0 saturated carbocycles. The average molecular weight is 319 g/mol. The van der Waals surface area contributed by atoms with E-state index in [-0.39, 0.29) is 12.0 Å². The molecule has 1 aromatic rings. The highest BCUT2D eigenvalue weighted by molar-refractivity contribution is 9.10. The number of nitrogens with zero attached hydrogens (tertiary/aromatic N) is 1. The Morgan fingerprint density at radius 1 is 1.76 bits per heavy atom. The number of hydrogen-bond donors (Lipinski definition) is 1. The van der Waals surface area contributed by atoms with Crippen LogP contribution in [0.25, 0.3) is 0 Å². The minimum atomic E-state index is -0.336. The van der Waals surface area contributed by atoms with Crippen molar-refractivity contribution in [2.45, 2.75) is 12.6 Å². The molecule has 1 N–H and O–H groups in total. The molecule has 1 amide bonds. The third-order valence-electron chi connectivity index (χ3n) is 2.59. The van der Waals surface area contributed by atoms with Gasteiger partial charge in [-0.15, -0.1) is 11.3 Å². The van der Waals surface area contributed by atoms with Gasteiger partial charge >= 0.3 is 0 Å². The minimum absolute atomic E-state index is 0.0433. The molecule has 1 fully saturated rings. The topological polar surface area (TPSA) is 41.6 Å². The summed E-state index contributed by atoms with van der Waals surface area (Å²) in [6.07, 6.45) is -0.336. The maximum absolute atomic E-state index is 12.1. The van der Waals surface area contributed by atoms with Crippen LogP contribution in [0.3, 0.4) is 0 Å². The number of rotatable bonds is 3. The average Bonchev–Trinajstić information content (AvgIpc) is 2.75. The number of thiophene rings is 1. The molecule has 0 aliphatic carbocycles. The van der Waals surface area contributed by atoms with Gasteiger partial charge in [-0.2, -0.15) is 0 Å². The van der Waals surface area contributed by atoms with Gasteiger partial charge in [-0.05, 0) is 22.0 Å². The molecule has 2 heterocycles. The lowest BCUT2D eigenvalue weighted by atomic mass is 10.2. The van der Waals surface area contributed by atoms with Crippen molar-refractivity contribution in [2.75, 3.05) is 26.7 Å². The number of likely N-dealkylation sites (N-methyl/N-ethyl adjacent to an activating group) is 1. The third kappa shape index (κ3) is 3.51. The van der Waals surface area contributed by atoms with Crippen molar-refractivity contribution in [3.8, 4) is 0 Å². The standard InChI is InChI=1S/C11H15BrN2O2S/c1-14(6-9-4-8(12)7-17-9)11(15)10-5-13-2-3-16-10/h4,7,10,13H,2-3,5-6H2,1H3. The molecule has 1 atom stereocenters. The fourth-order valence-electron chi connectivity index (χ4n) is 1.72. The molecule has 94 valence electrons. The Morgan fingerprint density at radius 3 is 3.18 bits per heavy atom. The van der Waals surface area contributed by atoms with Crippen LogP contribution in [-0.4, -0.2) is 43.7 Å². The molecule has 0 radical (unpaired) electrons. The summed E-state index contributed by atoms with van der Waals surface area (Å²) in [5, 5.41) is 5.18. The molecular weight excluding hydrogens is 304 g/mol. The number of carbonyl (C=O) groups is 1. The van der Waals surface area contributed by atoms with E-state index >= 15 is 0 Å². The Hall–Kier alpha value is -0.430. The molecule has 0 spiro atoms. The van der Waals surface area contributed by atoms with E-state index in [0.29, 0.717) is 19.7 Å². The van der Waals surface area contributed by atoms with E-state index in [1.54, 1.807) is 16.2 Å². The Balaban J connectivity index is 1.90. The maximum Gasteiger partial charge on any atom is 0.253 e. The number of amides is 1. The molecule has 6 heteroatoms. The van der Waals surface area contributed by atoms with Gasteiger partial charge in [0.15, 0.2) is 0 Å². The van der Waals surface area contributed by atoms with Crippen molar-refractivity contribution >= 4 is 33.2 Å². The first-order chi connectivity index (χ1) is 8.16. The number of nitrogens with one attached hydrogen (secondary N) is 1. The number of morpholine rings is 1. The van der Waals surface area contributed by atoms with Crippen molar-refractivity contribution in [3.05, 3.63) is 20.8 Å². The predicted molar refractivity (Wildman–Crippen MR) is 71.1 cm³/mol. The summed E-state index contributed by atoms with van der Waals surface area (Å²) in [4.78, 5) is 14.9. The lowest BCUT2D eigenvalue weighted by Gasteiger charge is -2.27. The zero-order chi connectivity index (χ0) is 12.3. The van der Waals surface area contributed by atoms with E-state index in [0.717, 1.165) is 15.9 Å². The molecule has 1 aliphatic heterocycles. The molecule has 1 unspecified atom stereocenters. The van der Waals surface area contributed by atoms with Crippen molar-refractivity contribution in [2.24, 2.45) is 0 Å². The normalized spacial score (nSPS) is 20.2. The van der Waals surface area contributed by atoms with Crippen molar-refractivity contribution in [1.29, 1.82) is 0 Å². The monoisotopic (exact) mass is 318 g/mol. The SMILES string of the molecule is CN(Cc1cc(Br)cs1)C(=O)C1CNCCO1. The molecule has 2 rings (SSSR count). The predicted octanol–water partition coefficient (Wildman–Crippen LogP) is 1.46. The van der Waals surface area contributed by atoms with E-state index < -0.39 is 0 Å². The molecule has 0 aromatic carbocycles. The minimum Gasteiger partial charge on any atom is -0.366 e. The fraction of sp³-hybridized carbons (Fsp3) is 0.545. The van der Waals surface area contributed by atoms with Gasteiger partial charge in [0.05, 0.1) is 13.2 Å². The second-order valence-corrected chi connectivity index (χ2v) is 5.90. The Labute approximate surface area is 113 Å². The van der Waals surface area contributed by atoms with Gasteiger partial charge in [-0.1, -0.05) is 0 Å². The van der Waals surface area contributed by atoms with Crippen LogP contribution in [0.2, 0.25) is 0 Å². The molecule has 0 bridgehead atoms. The smallest absolute Gasteiger partial charge is 0.253 e. The number of carbonyl (C=O) groups excluding carboxylic acids is 1. The molecule has 17 heavy (non-hydrogen) atoms. The lowest BCUT2D eigenvalue weighted by molar-refractivity contribution is -0.144. The van der Waals surface area contributed by atoms with Crippen molar-refractivity contribution < 1.29 is 9.53 Å². The van der Waals surface area contributed by atoms with E-state index in [2.05, 4.69) is 21.2 Å². The highest BCUT2D eigenvalue weighted by Crippen LogP contribution is 2.21. The van der Waals surface area contributed by atoms with Gasteiger partial charge in [0.2, 0.25) is 0 Å². The second-order valence-electron chi connectivity index (χ2n) is 3.99. The Morgan fingerprint density at radius 2 is 2.59 bits per heavy atom. The molecule has 4 nitrogen and oxygen atoms in total. The van der Waals surface area contributed by atoms with Crippen LogP contribution in [0, 0.1) is 0 Å². The zero-order valence-electron chi connectivity index (χ0n) is 9.61. The number of hydrogen-bond acceptors (Lipinski definition) is 4. The first kappa shape index (κ1) is 13.0. The zero-order valence-corrected chi connectivity index (χ0v) is 12.0. The largest absolute Gasteiger partial charge is 0.366 e. The fourth-order valence-corrected chi connectivity index (χ4v) is 3.22. The van der Waals surface area contributed by atoms with Crippen LogP contribution in [0.1, 0.15) is 4.88 Å². The third-order valence-corrected chi connectivity index (χ3v) is 4.28. The van der Waals surface area contributed by atoms with E-state index in [9.17, 15) is 4.79 Å². The van der Waals surface area contributed by atoms with E-state index in [4.69, 9.17) is 4.74 Å². The summed E-state index contributed by atoms with van der Waals surface area (Å²) in [6.45, 7) is 2.67. The van der Waals surface area contributed by atoms with Crippen molar-refractivity contribution in [1.82, 2.24) is 10.2 Å². The summed E-state index contributed by atoms with van der Waals surface area (Å²) in [5.41, 5.74) is 0. The Kier molecular flexibility index (Phi) is 4.55. The first-order valence-electron chi connectivity index (χ1n) is 5.47. The number of ether oxygens (including phenoxy) is 1. The van der Waals surface area contributed by atoms with Crippen LogP contribution < -0.4 is 5.32 Å². The van der Waals surface area contributed by atoms with Gasteiger partial charge in [-0.25, -0.2) is 0 Å². The van der Waals surface area contributed by atoms with Gasteiger partial charge < -0.3 is 15.0 Å². The summed E-state index contributed by atoms with van der Waals surface area (Å²) < 4.78 is 6.51. The first-order valence-corrected chi connectivity index (χ1v) is 7.14. The summed E-state index contributed by atoms with van der Waals surface area (Å²) in [7, 11) is 1.81. The quantitative estimate of drug-likeness (QED) is 0.917. The van der Waals surface area contributed by atoms with Gasteiger partial charge in [0.25, 0.3) is 5.91 Å². The van der Waals surface area contributed by atoms with Gasteiger partial charge in [0, 0.05) is 34.9 Å². The highest BCUT2D eigenvalue weighted by atomic mass is 79.9. The molecular formula is C11H15BrN2O2S. The van der Waals surface area contributed by atoms with E-state index in [1.807, 2.05) is 18.5 Å². The molecule has 1 aromatic heterocycles. The lowest BCUT2D eigenvalue weighted by Crippen LogP contribution is -2.48. The van der Waals surface area contributed by atoms with Crippen LogP contribution in [-0.2, 0) is 16.1 Å². The Bertz CT molecular complexity index is 391. The molecule has 1 saturated heterocycles. The maximum atomic E-state index is 12.1. The second kappa shape index (κ2) is 5.95. The van der Waals surface area contributed by atoms with E-state index in [1.165, 1.54) is 0 Å². The summed E-state index contributed by atoms with van der Waals surface area (Å²) >= 11 is 5.05. The van der Waals surface area contributed by atoms with Crippen LogP contribution >= 0.6 is 27.3 Å². The number of halogens is 1. The highest BCUT2D eigenvalue weighted by Gasteiger charge is 2.24. The van der Waals surface area contributed by atoms with Crippen LogP contribution in [0.5, 0.6) is 0 Å². The van der Waals surface area contributed by atoms with Gasteiger partial charge in [-0.3, -0.25) is 4.79 Å². The van der Waals surface area contributed by atoms with Gasteiger partial charge in [0.1, 0.15) is 6.10 Å². The molecule has 1 aliphatic rings. The van der Waals surface area contributed by atoms with Crippen molar-refractivity contribution in [3.63, 3.8) is 0 Å². The summed E-state index contributed by atoms with van der Waals surface area (Å²) in [6, 6.07) is 2.04. The summed E-state index contributed by atoms with van der Waals surface area (Å²) in [5.74, 6) is 0.0433.